The molecule has 0 aliphatic heterocycles. The second-order valence-electron chi connectivity index (χ2n) is 5.49. The van der Waals surface area contributed by atoms with Crippen LogP contribution in [-0.2, 0) is 4.79 Å². The van der Waals surface area contributed by atoms with Crippen LogP contribution in [0.15, 0.2) is 24.3 Å². The number of hydrogen-bond acceptors (Lipinski definition) is 2. The van der Waals surface area contributed by atoms with Crippen molar-refractivity contribution in [1.82, 2.24) is 0 Å². The normalized spacial score (nSPS) is 16.4. The minimum atomic E-state index is -0.957. The molecular weight excluding hydrogens is 254 g/mol. The van der Waals surface area contributed by atoms with Crippen LogP contribution < -0.4 is 5.32 Å². The van der Waals surface area contributed by atoms with Crippen molar-refractivity contribution in [1.29, 1.82) is 0 Å². The van der Waals surface area contributed by atoms with Gasteiger partial charge in [-0.2, -0.15) is 0 Å². The van der Waals surface area contributed by atoms with Crippen LogP contribution in [0, 0.1) is 5.92 Å². The Morgan fingerprint density at radius 3 is 2.20 bits per heavy atom. The molecule has 1 amide bonds. The molecule has 0 aromatic heterocycles. The van der Waals surface area contributed by atoms with Crippen molar-refractivity contribution in [2.75, 3.05) is 5.32 Å². The molecule has 1 aliphatic rings. The lowest BCUT2D eigenvalue weighted by molar-refractivity contribution is -0.117. The Bertz CT molecular complexity index is 459. The van der Waals surface area contributed by atoms with E-state index in [2.05, 4.69) is 5.32 Å². The lowest BCUT2D eigenvalue weighted by Crippen LogP contribution is -2.16. The van der Waals surface area contributed by atoms with Crippen LogP contribution in [0.4, 0.5) is 5.69 Å². The lowest BCUT2D eigenvalue weighted by Gasteiger charge is -2.13. The zero-order valence-electron chi connectivity index (χ0n) is 11.6. The highest BCUT2D eigenvalue weighted by Crippen LogP contribution is 2.25. The molecule has 0 bridgehead atoms. The maximum absolute atomic E-state index is 12.0. The molecule has 1 saturated carbocycles. The topological polar surface area (TPSA) is 66.4 Å². The summed E-state index contributed by atoms with van der Waals surface area (Å²) in [5.41, 5.74) is 0.889. The highest BCUT2D eigenvalue weighted by atomic mass is 16.4. The number of rotatable bonds is 4. The predicted octanol–water partition coefficient (Wildman–Crippen LogP) is 3.68. The molecule has 20 heavy (non-hydrogen) atoms. The summed E-state index contributed by atoms with van der Waals surface area (Å²) in [5, 5.41) is 11.7. The summed E-state index contributed by atoms with van der Waals surface area (Å²) >= 11 is 0. The van der Waals surface area contributed by atoms with Gasteiger partial charge in [0.2, 0.25) is 5.91 Å². The quantitative estimate of drug-likeness (QED) is 0.824. The number of amides is 1. The SMILES string of the molecule is O=C(CC1CCCCCC1)Nc1ccc(C(=O)O)cc1. The van der Waals surface area contributed by atoms with Gasteiger partial charge in [0.15, 0.2) is 0 Å². The number of nitrogens with one attached hydrogen (secondary N) is 1. The van der Waals surface area contributed by atoms with Crippen LogP contribution in [0.5, 0.6) is 0 Å². The van der Waals surface area contributed by atoms with E-state index in [1.54, 1.807) is 12.1 Å². The molecule has 108 valence electrons. The van der Waals surface area contributed by atoms with Crippen LogP contribution in [0.3, 0.4) is 0 Å². The molecule has 0 saturated heterocycles. The van der Waals surface area contributed by atoms with Crippen molar-refractivity contribution in [3.8, 4) is 0 Å². The summed E-state index contributed by atoms with van der Waals surface area (Å²) < 4.78 is 0. The highest BCUT2D eigenvalue weighted by molar-refractivity contribution is 5.92. The van der Waals surface area contributed by atoms with E-state index in [9.17, 15) is 9.59 Å². The summed E-state index contributed by atoms with van der Waals surface area (Å²) in [6.07, 6.45) is 7.89. The van der Waals surface area contributed by atoms with Gasteiger partial charge in [-0.25, -0.2) is 4.79 Å². The molecule has 1 fully saturated rings. The monoisotopic (exact) mass is 275 g/mol. The van der Waals surface area contributed by atoms with Gasteiger partial charge >= 0.3 is 5.97 Å². The van der Waals surface area contributed by atoms with Gasteiger partial charge in [0, 0.05) is 12.1 Å². The first-order chi connectivity index (χ1) is 9.65. The van der Waals surface area contributed by atoms with Gasteiger partial charge in [-0.1, -0.05) is 25.7 Å². The summed E-state index contributed by atoms with van der Waals surface area (Å²) in [4.78, 5) is 22.7. The second kappa shape index (κ2) is 7.08. The molecule has 0 atom stereocenters. The average molecular weight is 275 g/mol. The van der Waals surface area contributed by atoms with E-state index in [0.29, 0.717) is 18.0 Å². The summed E-state index contributed by atoms with van der Waals surface area (Å²) in [5.74, 6) is -0.433. The van der Waals surface area contributed by atoms with E-state index in [-0.39, 0.29) is 11.5 Å². The van der Waals surface area contributed by atoms with Crippen molar-refractivity contribution in [3.63, 3.8) is 0 Å². The highest BCUT2D eigenvalue weighted by Gasteiger charge is 2.16. The third-order valence-electron chi connectivity index (χ3n) is 3.86. The summed E-state index contributed by atoms with van der Waals surface area (Å²) in [6, 6.07) is 6.27. The summed E-state index contributed by atoms with van der Waals surface area (Å²) in [7, 11) is 0. The molecule has 4 nitrogen and oxygen atoms in total. The Kier molecular flexibility index (Phi) is 5.16. The zero-order chi connectivity index (χ0) is 14.4. The molecule has 2 rings (SSSR count). The smallest absolute Gasteiger partial charge is 0.335 e. The molecule has 0 unspecified atom stereocenters. The lowest BCUT2D eigenvalue weighted by atomic mass is 9.96. The number of aromatic carboxylic acids is 1. The Morgan fingerprint density at radius 1 is 1.05 bits per heavy atom. The van der Waals surface area contributed by atoms with Crippen LogP contribution in [0.2, 0.25) is 0 Å². The molecule has 0 heterocycles. The van der Waals surface area contributed by atoms with Crippen molar-refractivity contribution in [2.45, 2.75) is 44.9 Å². The first kappa shape index (κ1) is 14.6. The van der Waals surface area contributed by atoms with Gasteiger partial charge in [0.25, 0.3) is 0 Å². The Hall–Kier alpha value is -1.84. The average Bonchev–Trinajstić information content (AvgIpc) is 2.68. The third kappa shape index (κ3) is 4.37. The van der Waals surface area contributed by atoms with Crippen molar-refractivity contribution in [3.05, 3.63) is 29.8 Å². The van der Waals surface area contributed by atoms with Crippen LogP contribution in [0.25, 0.3) is 0 Å². The van der Waals surface area contributed by atoms with Gasteiger partial charge in [-0.3, -0.25) is 4.79 Å². The number of carboxylic acids is 1. The number of carbonyl (C=O) groups is 2. The minimum Gasteiger partial charge on any atom is -0.478 e. The Morgan fingerprint density at radius 2 is 1.65 bits per heavy atom. The van der Waals surface area contributed by atoms with Gasteiger partial charge in [-0.15, -0.1) is 0 Å². The van der Waals surface area contributed by atoms with E-state index >= 15 is 0 Å². The maximum Gasteiger partial charge on any atom is 0.335 e. The van der Waals surface area contributed by atoms with Crippen LogP contribution in [-0.4, -0.2) is 17.0 Å². The Balaban J connectivity index is 1.85. The maximum atomic E-state index is 12.0. The molecule has 4 heteroatoms. The standard InChI is InChI=1S/C16H21NO3/c18-15(11-12-5-3-1-2-4-6-12)17-14-9-7-13(8-10-14)16(19)20/h7-10,12H,1-6,11H2,(H,17,18)(H,19,20). The third-order valence-corrected chi connectivity index (χ3v) is 3.86. The number of benzene rings is 1. The predicted molar refractivity (Wildman–Crippen MR) is 77.8 cm³/mol. The van der Waals surface area contributed by atoms with E-state index in [1.807, 2.05) is 0 Å². The summed E-state index contributed by atoms with van der Waals surface area (Å²) in [6.45, 7) is 0. The largest absolute Gasteiger partial charge is 0.478 e. The fourth-order valence-corrected chi connectivity index (χ4v) is 2.74. The van der Waals surface area contributed by atoms with Crippen molar-refractivity contribution < 1.29 is 14.7 Å². The van der Waals surface area contributed by atoms with Gasteiger partial charge in [0.1, 0.15) is 0 Å². The molecular formula is C16H21NO3. The van der Waals surface area contributed by atoms with Crippen LogP contribution >= 0.6 is 0 Å². The van der Waals surface area contributed by atoms with Gasteiger partial charge < -0.3 is 10.4 Å². The van der Waals surface area contributed by atoms with E-state index in [1.165, 1.54) is 37.8 Å². The fraction of sp³-hybridized carbons (Fsp3) is 0.500. The zero-order valence-corrected chi connectivity index (χ0v) is 11.6. The molecule has 1 aromatic rings. The molecule has 0 spiro atoms. The fourth-order valence-electron chi connectivity index (χ4n) is 2.74. The number of hydrogen-bond donors (Lipinski definition) is 2. The molecule has 0 radical (unpaired) electrons. The first-order valence-electron chi connectivity index (χ1n) is 7.28. The number of carboxylic acid groups (broad SMARTS) is 1. The molecule has 2 N–H and O–H groups in total. The minimum absolute atomic E-state index is 0.0278. The molecule has 1 aliphatic carbocycles. The second-order valence-corrected chi connectivity index (χ2v) is 5.49. The molecule has 1 aromatic carbocycles. The van der Waals surface area contributed by atoms with Crippen molar-refractivity contribution >= 4 is 17.6 Å². The van der Waals surface area contributed by atoms with E-state index in [4.69, 9.17) is 5.11 Å². The first-order valence-corrected chi connectivity index (χ1v) is 7.28. The number of anilines is 1. The number of carbonyl (C=O) groups excluding carboxylic acids is 1. The van der Waals surface area contributed by atoms with E-state index in [0.717, 1.165) is 12.8 Å². The van der Waals surface area contributed by atoms with Crippen molar-refractivity contribution in [2.24, 2.45) is 5.92 Å². The van der Waals surface area contributed by atoms with Gasteiger partial charge in [-0.05, 0) is 43.0 Å². The Labute approximate surface area is 119 Å². The van der Waals surface area contributed by atoms with Crippen LogP contribution in [0.1, 0.15) is 55.3 Å². The van der Waals surface area contributed by atoms with E-state index < -0.39 is 5.97 Å². The van der Waals surface area contributed by atoms with Gasteiger partial charge in [0.05, 0.1) is 5.56 Å².